The SMILES string of the molecule is CCCC[C@@H](c1ccc(OC(F)(F)F)cc1)N1CCNCC1. The molecule has 1 aliphatic heterocycles. The average molecular weight is 316 g/mol. The summed E-state index contributed by atoms with van der Waals surface area (Å²) in [7, 11) is 0. The van der Waals surface area contributed by atoms with Crippen molar-refractivity contribution in [1.29, 1.82) is 0 Å². The van der Waals surface area contributed by atoms with Gasteiger partial charge in [0.05, 0.1) is 0 Å². The summed E-state index contributed by atoms with van der Waals surface area (Å²) >= 11 is 0. The molecule has 0 aliphatic carbocycles. The Hall–Kier alpha value is -1.27. The Labute approximate surface area is 129 Å². The maximum Gasteiger partial charge on any atom is 0.573 e. The van der Waals surface area contributed by atoms with Crippen molar-refractivity contribution in [2.24, 2.45) is 0 Å². The molecule has 2 rings (SSSR count). The maximum absolute atomic E-state index is 12.2. The van der Waals surface area contributed by atoms with Gasteiger partial charge in [0.25, 0.3) is 0 Å². The first-order valence-electron chi connectivity index (χ1n) is 7.80. The summed E-state index contributed by atoms with van der Waals surface area (Å²) in [5.74, 6) is -0.161. The molecule has 0 amide bonds. The smallest absolute Gasteiger partial charge is 0.406 e. The van der Waals surface area contributed by atoms with Crippen LogP contribution < -0.4 is 10.1 Å². The van der Waals surface area contributed by atoms with Gasteiger partial charge in [0.15, 0.2) is 0 Å². The second-order valence-electron chi connectivity index (χ2n) is 5.56. The third-order valence-electron chi connectivity index (χ3n) is 3.92. The lowest BCUT2D eigenvalue weighted by Gasteiger charge is -2.35. The van der Waals surface area contributed by atoms with Gasteiger partial charge in [-0.2, -0.15) is 0 Å². The number of hydrogen-bond acceptors (Lipinski definition) is 3. The lowest BCUT2D eigenvalue weighted by Crippen LogP contribution is -2.45. The van der Waals surface area contributed by atoms with Crippen LogP contribution in [0.1, 0.15) is 37.8 Å². The van der Waals surface area contributed by atoms with E-state index >= 15 is 0 Å². The molecule has 1 N–H and O–H groups in total. The van der Waals surface area contributed by atoms with Crippen LogP contribution in [0.15, 0.2) is 24.3 Å². The Morgan fingerprint density at radius 3 is 2.36 bits per heavy atom. The van der Waals surface area contributed by atoms with Crippen LogP contribution in [0.3, 0.4) is 0 Å². The van der Waals surface area contributed by atoms with Gasteiger partial charge in [-0.05, 0) is 24.1 Å². The van der Waals surface area contributed by atoms with Crippen LogP contribution in [0, 0.1) is 0 Å². The first-order valence-corrected chi connectivity index (χ1v) is 7.80. The molecule has 1 fully saturated rings. The standard InChI is InChI=1S/C16H23F3N2O/c1-2-3-4-15(21-11-9-20-10-12-21)13-5-7-14(8-6-13)22-16(17,18)19/h5-8,15,20H,2-4,9-12H2,1H3/t15-/m0/s1. The maximum atomic E-state index is 12.2. The Kier molecular flexibility index (Phi) is 6.08. The van der Waals surface area contributed by atoms with Crippen molar-refractivity contribution < 1.29 is 17.9 Å². The zero-order valence-corrected chi connectivity index (χ0v) is 12.8. The minimum Gasteiger partial charge on any atom is -0.406 e. The molecule has 1 aromatic rings. The summed E-state index contributed by atoms with van der Waals surface area (Å²) in [6.07, 6.45) is -1.40. The summed E-state index contributed by atoms with van der Waals surface area (Å²) in [6.45, 7) is 6.00. The topological polar surface area (TPSA) is 24.5 Å². The molecule has 124 valence electrons. The number of nitrogens with zero attached hydrogens (tertiary/aromatic N) is 1. The summed E-state index contributed by atoms with van der Waals surface area (Å²) in [6, 6.07) is 6.59. The minimum atomic E-state index is -4.64. The number of halogens is 3. The molecule has 3 nitrogen and oxygen atoms in total. The van der Waals surface area contributed by atoms with Gasteiger partial charge in [0.1, 0.15) is 5.75 Å². The molecule has 0 spiro atoms. The number of unbranched alkanes of at least 4 members (excludes halogenated alkanes) is 1. The van der Waals surface area contributed by atoms with Crippen LogP contribution >= 0.6 is 0 Å². The van der Waals surface area contributed by atoms with Crippen molar-refractivity contribution in [2.45, 2.75) is 38.6 Å². The Balaban J connectivity index is 2.09. The Morgan fingerprint density at radius 2 is 1.82 bits per heavy atom. The van der Waals surface area contributed by atoms with Crippen LogP contribution in [-0.2, 0) is 0 Å². The molecule has 1 atom stereocenters. The number of ether oxygens (including phenoxy) is 1. The monoisotopic (exact) mass is 316 g/mol. The fourth-order valence-electron chi connectivity index (χ4n) is 2.84. The zero-order chi connectivity index (χ0) is 16.0. The quantitative estimate of drug-likeness (QED) is 0.865. The van der Waals surface area contributed by atoms with Crippen molar-refractivity contribution in [3.05, 3.63) is 29.8 Å². The number of benzene rings is 1. The fourth-order valence-corrected chi connectivity index (χ4v) is 2.84. The van der Waals surface area contributed by atoms with E-state index in [0.29, 0.717) is 0 Å². The summed E-state index contributed by atoms with van der Waals surface area (Å²) in [5, 5.41) is 3.33. The van der Waals surface area contributed by atoms with Gasteiger partial charge in [-0.25, -0.2) is 0 Å². The number of alkyl halides is 3. The molecule has 22 heavy (non-hydrogen) atoms. The largest absolute Gasteiger partial charge is 0.573 e. The normalized spacial score (nSPS) is 18.2. The average Bonchev–Trinajstić information content (AvgIpc) is 2.49. The van der Waals surface area contributed by atoms with Crippen LogP contribution in [0.2, 0.25) is 0 Å². The van der Waals surface area contributed by atoms with E-state index in [1.807, 2.05) is 0 Å². The molecular weight excluding hydrogens is 293 g/mol. The van der Waals surface area contributed by atoms with Crippen molar-refractivity contribution in [1.82, 2.24) is 10.2 Å². The number of hydrogen-bond donors (Lipinski definition) is 1. The van der Waals surface area contributed by atoms with E-state index in [2.05, 4.69) is 21.9 Å². The molecule has 0 aromatic heterocycles. The summed E-state index contributed by atoms with van der Waals surface area (Å²) in [4.78, 5) is 2.41. The highest BCUT2D eigenvalue weighted by Crippen LogP contribution is 2.29. The molecule has 6 heteroatoms. The van der Waals surface area contributed by atoms with Crippen molar-refractivity contribution in [3.63, 3.8) is 0 Å². The lowest BCUT2D eigenvalue weighted by atomic mass is 9.98. The molecule has 0 bridgehead atoms. The minimum absolute atomic E-state index is 0.161. The molecule has 0 saturated carbocycles. The molecule has 0 unspecified atom stereocenters. The van der Waals surface area contributed by atoms with E-state index in [4.69, 9.17) is 0 Å². The molecular formula is C16H23F3N2O. The van der Waals surface area contributed by atoms with Crippen molar-refractivity contribution in [2.75, 3.05) is 26.2 Å². The van der Waals surface area contributed by atoms with Crippen LogP contribution in [0.5, 0.6) is 5.75 Å². The van der Waals surface area contributed by atoms with E-state index < -0.39 is 6.36 Å². The molecule has 1 aromatic carbocycles. The van der Waals surface area contributed by atoms with Crippen molar-refractivity contribution >= 4 is 0 Å². The van der Waals surface area contributed by atoms with Crippen LogP contribution in [0.25, 0.3) is 0 Å². The third kappa shape index (κ3) is 5.18. The molecule has 1 saturated heterocycles. The predicted molar refractivity (Wildman–Crippen MR) is 79.8 cm³/mol. The zero-order valence-electron chi connectivity index (χ0n) is 12.8. The van der Waals surface area contributed by atoms with E-state index in [1.54, 1.807) is 12.1 Å². The summed E-state index contributed by atoms with van der Waals surface area (Å²) in [5.41, 5.74) is 1.06. The van der Waals surface area contributed by atoms with Gasteiger partial charge in [0.2, 0.25) is 0 Å². The fraction of sp³-hybridized carbons (Fsp3) is 0.625. The second kappa shape index (κ2) is 7.83. The van der Waals surface area contributed by atoms with E-state index in [-0.39, 0.29) is 11.8 Å². The van der Waals surface area contributed by atoms with Gasteiger partial charge in [-0.15, -0.1) is 13.2 Å². The van der Waals surface area contributed by atoms with Crippen LogP contribution in [0.4, 0.5) is 13.2 Å². The van der Waals surface area contributed by atoms with Crippen LogP contribution in [-0.4, -0.2) is 37.4 Å². The highest BCUT2D eigenvalue weighted by molar-refractivity contribution is 5.29. The highest BCUT2D eigenvalue weighted by Gasteiger charge is 2.31. The van der Waals surface area contributed by atoms with Crippen molar-refractivity contribution in [3.8, 4) is 5.75 Å². The van der Waals surface area contributed by atoms with Gasteiger partial charge in [-0.1, -0.05) is 31.9 Å². The molecule has 1 aliphatic rings. The van der Waals surface area contributed by atoms with E-state index in [9.17, 15) is 13.2 Å². The molecule has 1 heterocycles. The predicted octanol–water partition coefficient (Wildman–Crippen LogP) is 3.72. The number of piperazine rings is 1. The number of nitrogens with one attached hydrogen (secondary N) is 1. The summed E-state index contributed by atoms with van der Waals surface area (Å²) < 4.78 is 40.6. The Bertz CT molecular complexity index is 442. The first kappa shape index (κ1) is 17.1. The van der Waals surface area contributed by atoms with Gasteiger partial charge < -0.3 is 10.1 Å². The lowest BCUT2D eigenvalue weighted by molar-refractivity contribution is -0.274. The third-order valence-corrected chi connectivity index (χ3v) is 3.92. The number of rotatable bonds is 6. The van der Waals surface area contributed by atoms with Gasteiger partial charge in [0, 0.05) is 32.2 Å². The molecule has 0 radical (unpaired) electrons. The Morgan fingerprint density at radius 1 is 1.18 bits per heavy atom. The van der Waals surface area contributed by atoms with Gasteiger partial charge >= 0.3 is 6.36 Å². The first-order chi connectivity index (χ1) is 10.5. The van der Waals surface area contributed by atoms with E-state index in [1.165, 1.54) is 12.1 Å². The van der Waals surface area contributed by atoms with Gasteiger partial charge in [-0.3, -0.25) is 4.90 Å². The second-order valence-corrected chi connectivity index (χ2v) is 5.56. The highest BCUT2D eigenvalue weighted by atomic mass is 19.4. The van der Waals surface area contributed by atoms with E-state index in [0.717, 1.165) is 51.0 Å².